The number of carbonyl (C=O) groups is 1. The van der Waals surface area contributed by atoms with Gasteiger partial charge < -0.3 is 10.3 Å². The van der Waals surface area contributed by atoms with Crippen molar-refractivity contribution in [3.63, 3.8) is 0 Å². The molecule has 6 nitrogen and oxygen atoms in total. The first-order chi connectivity index (χ1) is 10.9. The van der Waals surface area contributed by atoms with Gasteiger partial charge in [-0.3, -0.25) is 4.79 Å². The van der Waals surface area contributed by atoms with Crippen molar-refractivity contribution >= 4 is 26.8 Å². The zero-order valence-corrected chi connectivity index (χ0v) is 13.9. The van der Waals surface area contributed by atoms with Crippen molar-refractivity contribution in [3.8, 4) is 0 Å². The van der Waals surface area contributed by atoms with E-state index in [2.05, 4.69) is 10.3 Å². The van der Waals surface area contributed by atoms with Crippen LogP contribution in [0.3, 0.4) is 0 Å². The predicted molar refractivity (Wildman–Crippen MR) is 89.6 cm³/mol. The summed E-state index contributed by atoms with van der Waals surface area (Å²) in [6.07, 6.45) is 4.99. The summed E-state index contributed by atoms with van der Waals surface area (Å²) in [6.45, 7) is 0.913. The van der Waals surface area contributed by atoms with Crippen LogP contribution < -0.4 is 5.32 Å². The van der Waals surface area contributed by atoms with Gasteiger partial charge in [-0.1, -0.05) is 18.2 Å². The van der Waals surface area contributed by atoms with E-state index in [0.717, 1.165) is 29.3 Å². The Kier molecular flexibility index (Phi) is 4.41. The van der Waals surface area contributed by atoms with Crippen molar-refractivity contribution in [2.75, 3.05) is 19.3 Å². The molecule has 1 saturated heterocycles. The van der Waals surface area contributed by atoms with Gasteiger partial charge in [-0.05, 0) is 24.5 Å². The smallest absolute Gasteiger partial charge is 0.224 e. The van der Waals surface area contributed by atoms with Gasteiger partial charge in [0.1, 0.15) is 0 Å². The maximum absolute atomic E-state index is 12.2. The van der Waals surface area contributed by atoms with E-state index in [9.17, 15) is 13.2 Å². The highest BCUT2D eigenvalue weighted by molar-refractivity contribution is 7.88. The monoisotopic (exact) mass is 335 g/mol. The van der Waals surface area contributed by atoms with Gasteiger partial charge in [-0.2, -0.15) is 4.31 Å². The van der Waals surface area contributed by atoms with Crippen molar-refractivity contribution in [3.05, 3.63) is 36.0 Å². The van der Waals surface area contributed by atoms with Crippen LogP contribution in [-0.4, -0.2) is 49.0 Å². The Hall–Kier alpha value is -1.86. The highest BCUT2D eigenvalue weighted by Crippen LogP contribution is 2.20. The molecule has 1 amide bonds. The zero-order valence-electron chi connectivity index (χ0n) is 13.1. The van der Waals surface area contributed by atoms with Crippen molar-refractivity contribution in [2.24, 2.45) is 0 Å². The second-order valence-corrected chi connectivity index (χ2v) is 7.95. The van der Waals surface area contributed by atoms with Crippen LogP contribution in [0, 0.1) is 0 Å². The number of aromatic amines is 1. The van der Waals surface area contributed by atoms with Gasteiger partial charge in [-0.15, -0.1) is 0 Å². The Morgan fingerprint density at radius 3 is 2.96 bits per heavy atom. The summed E-state index contributed by atoms with van der Waals surface area (Å²) >= 11 is 0. The molecule has 2 heterocycles. The van der Waals surface area contributed by atoms with Crippen LogP contribution in [0.15, 0.2) is 30.5 Å². The third kappa shape index (κ3) is 3.56. The van der Waals surface area contributed by atoms with E-state index in [0.29, 0.717) is 13.1 Å². The molecule has 1 aromatic carbocycles. The number of carbonyl (C=O) groups excluding carboxylic acids is 1. The van der Waals surface area contributed by atoms with Crippen LogP contribution in [-0.2, 0) is 21.2 Å². The normalized spacial score (nSPS) is 19.3. The average Bonchev–Trinajstić information content (AvgIpc) is 3.12. The minimum absolute atomic E-state index is 0.0879. The molecule has 124 valence electrons. The van der Waals surface area contributed by atoms with Crippen LogP contribution in [0.2, 0.25) is 0 Å². The lowest BCUT2D eigenvalue weighted by Crippen LogP contribution is -2.43. The van der Waals surface area contributed by atoms with E-state index >= 15 is 0 Å². The second-order valence-electron chi connectivity index (χ2n) is 6.01. The first-order valence-electron chi connectivity index (χ1n) is 7.73. The second kappa shape index (κ2) is 6.33. The van der Waals surface area contributed by atoms with Crippen LogP contribution >= 0.6 is 0 Å². The van der Waals surface area contributed by atoms with Crippen molar-refractivity contribution in [2.45, 2.75) is 25.3 Å². The summed E-state index contributed by atoms with van der Waals surface area (Å²) in [7, 11) is -3.20. The molecular formula is C16H21N3O3S. The minimum Gasteiger partial charge on any atom is -0.361 e. The number of aromatic nitrogens is 1. The molecule has 1 fully saturated rings. The van der Waals surface area contributed by atoms with Crippen molar-refractivity contribution in [1.82, 2.24) is 14.6 Å². The van der Waals surface area contributed by atoms with E-state index in [1.54, 1.807) is 0 Å². The van der Waals surface area contributed by atoms with Gasteiger partial charge >= 0.3 is 0 Å². The highest BCUT2D eigenvalue weighted by Gasteiger charge is 2.31. The fourth-order valence-electron chi connectivity index (χ4n) is 3.19. The van der Waals surface area contributed by atoms with Gasteiger partial charge in [0, 0.05) is 36.2 Å². The van der Waals surface area contributed by atoms with E-state index < -0.39 is 10.0 Å². The molecule has 0 aliphatic carbocycles. The van der Waals surface area contributed by atoms with E-state index in [1.165, 1.54) is 10.6 Å². The van der Waals surface area contributed by atoms with Gasteiger partial charge in [0.15, 0.2) is 0 Å². The van der Waals surface area contributed by atoms with E-state index in [1.807, 2.05) is 30.5 Å². The number of amides is 1. The highest BCUT2D eigenvalue weighted by atomic mass is 32.2. The Labute approximate surface area is 135 Å². The largest absolute Gasteiger partial charge is 0.361 e. The molecule has 1 unspecified atom stereocenters. The predicted octanol–water partition coefficient (Wildman–Crippen LogP) is 1.25. The standard InChI is InChI=1S/C16H21N3O3S/c1-23(21,22)19-8-4-5-13(19)11-18-16(20)9-12-10-17-15-7-3-2-6-14(12)15/h2-3,6-7,10,13,17H,4-5,8-9,11H2,1H3,(H,18,20). The topological polar surface area (TPSA) is 82.3 Å². The Morgan fingerprint density at radius 1 is 1.39 bits per heavy atom. The van der Waals surface area contributed by atoms with Crippen LogP contribution in [0.1, 0.15) is 18.4 Å². The van der Waals surface area contributed by atoms with Crippen molar-refractivity contribution < 1.29 is 13.2 Å². The van der Waals surface area contributed by atoms with Gasteiger partial charge in [0.25, 0.3) is 0 Å². The Balaban J connectivity index is 1.60. The van der Waals surface area contributed by atoms with Gasteiger partial charge in [0.05, 0.1) is 12.7 Å². The molecule has 3 rings (SSSR count). The summed E-state index contributed by atoms with van der Waals surface area (Å²) in [4.78, 5) is 15.3. The van der Waals surface area contributed by atoms with Crippen molar-refractivity contribution in [1.29, 1.82) is 0 Å². The van der Waals surface area contributed by atoms with Crippen LogP contribution in [0.25, 0.3) is 10.9 Å². The molecule has 23 heavy (non-hydrogen) atoms. The summed E-state index contributed by atoms with van der Waals surface area (Å²) in [6, 6.07) is 7.72. The molecule has 1 aromatic heterocycles. The lowest BCUT2D eigenvalue weighted by atomic mass is 10.1. The number of nitrogens with one attached hydrogen (secondary N) is 2. The van der Waals surface area contributed by atoms with Gasteiger partial charge in [-0.25, -0.2) is 8.42 Å². The minimum atomic E-state index is -3.20. The Morgan fingerprint density at radius 2 is 2.17 bits per heavy atom. The summed E-state index contributed by atoms with van der Waals surface area (Å²) in [5, 5.41) is 3.91. The Bertz CT molecular complexity index is 813. The molecular weight excluding hydrogens is 314 g/mol. The quantitative estimate of drug-likeness (QED) is 0.863. The lowest BCUT2D eigenvalue weighted by Gasteiger charge is -2.22. The number of hydrogen-bond acceptors (Lipinski definition) is 3. The molecule has 0 spiro atoms. The third-order valence-corrected chi connectivity index (χ3v) is 5.64. The number of rotatable bonds is 5. The van der Waals surface area contributed by atoms with Gasteiger partial charge in [0.2, 0.25) is 15.9 Å². The first kappa shape index (κ1) is 16.0. The SMILES string of the molecule is CS(=O)(=O)N1CCCC1CNC(=O)Cc1c[nH]c2ccccc12. The average molecular weight is 335 g/mol. The van der Waals surface area contributed by atoms with E-state index in [-0.39, 0.29) is 18.4 Å². The first-order valence-corrected chi connectivity index (χ1v) is 9.58. The number of nitrogens with zero attached hydrogens (tertiary/aromatic N) is 1. The number of benzene rings is 1. The summed E-state index contributed by atoms with van der Waals surface area (Å²) < 4.78 is 24.9. The van der Waals surface area contributed by atoms with Crippen LogP contribution in [0.5, 0.6) is 0 Å². The number of fused-ring (bicyclic) bond motifs is 1. The fraction of sp³-hybridized carbons (Fsp3) is 0.438. The third-order valence-electron chi connectivity index (χ3n) is 4.31. The maximum Gasteiger partial charge on any atom is 0.224 e. The molecule has 0 bridgehead atoms. The van der Waals surface area contributed by atoms with Crippen LogP contribution in [0.4, 0.5) is 0 Å². The maximum atomic E-state index is 12.2. The number of H-pyrrole nitrogens is 1. The molecule has 1 atom stereocenters. The molecule has 1 aliphatic rings. The molecule has 2 aromatic rings. The number of sulfonamides is 1. The molecule has 2 N–H and O–H groups in total. The molecule has 0 radical (unpaired) electrons. The van der Waals surface area contributed by atoms with E-state index in [4.69, 9.17) is 0 Å². The fourth-order valence-corrected chi connectivity index (χ4v) is 4.38. The molecule has 0 saturated carbocycles. The lowest BCUT2D eigenvalue weighted by molar-refractivity contribution is -0.120. The molecule has 7 heteroatoms. The number of para-hydroxylation sites is 1. The molecule has 1 aliphatic heterocycles. The summed E-state index contributed by atoms with van der Waals surface area (Å²) in [5.41, 5.74) is 1.96. The summed E-state index contributed by atoms with van der Waals surface area (Å²) in [5.74, 6) is -0.0879. The number of hydrogen-bond donors (Lipinski definition) is 2. The zero-order chi connectivity index (χ0) is 16.4.